The Labute approximate surface area is 115 Å². The van der Waals surface area contributed by atoms with Crippen LogP contribution in [-0.4, -0.2) is 21.0 Å². The van der Waals surface area contributed by atoms with E-state index < -0.39 is 5.97 Å². The van der Waals surface area contributed by atoms with Gasteiger partial charge in [0.1, 0.15) is 0 Å². The summed E-state index contributed by atoms with van der Waals surface area (Å²) >= 11 is 5.88. The summed E-state index contributed by atoms with van der Waals surface area (Å²) in [5.74, 6) is -0.829. The number of carbonyl (C=O) groups is 1. The van der Waals surface area contributed by atoms with Gasteiger partial charge in [-0.05, 0) is 43.7 Å². The summed E-state index contributed by atoms with van der Waals surface area (Å²) in [6.07, 6.45) is 0. The highest BCUT2D eigenvalue weighted by atomic mass is 35.5. The van der Waals surface area contributed by atoms with Crippen molar-refractivity contribution < 1.29 is 9.90 Å². The van der Waals surface area contributed by atoms with E-state index in [2.05, 4.69) is 15.3 Å². The Bertz CT molecular complexity index is 644. The summed E-state index contributed by atoms with van der Waals surface area (Å²) in [6, 6.07) is 6.76. The second-order valence-electron chi connectivity index (χ2n) is 4.11. The van der Waals surface area contributed by atoms with E-state index in [0.29, 0.717) is 10.7 Å². The van der Waals surface area contributed by atoms with Crippen molar-refractivity contribution in [2.45, 2.75) is 13.8 Å². The number of anilines is 2. The molecule has 1 aromatic carbocycles. The zero-order valence-electron chi connectivity index (χ0n) is 10.4. The first-order valence-corrected chi connectivity index (χ1v) is 5.95. The molecule has 0 fully saturated rings. The van der Waals surface area contributed by atoms with Crippen molar-refractivity contribution in [3.05, 3.63) is 46.2 Å². The van der Waals surface area contributed by atoms with Crippen LogP contribution >= 0.6 is 11.6 Å². The van der Waals surface area contributed by atoms with Gasteiger partial charge in [-0.2, -0.15) is 0 Å². The average molecular weight is 278 g/mol. The normalized spacial score (nSPS) is 10.3. The van der Waals surface area contributed by atoms with Crippen LogP contribution in [0.15, 0.2) is 24.3 Å². The largest absolute Gasteiger partial charge is 0.477 e. The van der Waals surface area contributed by atoms with Gasteiger partial charge in [0.15, 0.2) is 5.69 Å². The number of halogens is 1. The number of nitrogens with zero attached hydrogens (tertiary/aromatic N) is 2. The lowest BCUT2D eigenvalue weighted by Gasteiger charge is -2.09. The number of rotatable bonds is 3. The smallest absolute Gasteiger partial charge is 0.354 e. The Morgan fingerprint density at radius 3 is 2.63 bits per heavy atom. The van der Waals surface area contributed by atoms with E-state index in [1.165, 1.54) is 6.07 Å². The Hall–Kier alpha value is -2.14. The van der Waals surface area contributed by atoms with Crippen LogP contribution < -0.4 is 5.32 Å². The molecule has 0 spiro atoms. The van der Waals surface area contributed by atoms with Crippen LogP contribution in [-0.2, 0) is 0 Å². The van der Waals surface area contributed by atoms with Gasteiger partial charge in [0.05, 0.1) is 0 Å². The average Bonchev–Trinajstić information content (AvgIpc) is 2.32. The van der Waals surface area contributed by atoms with Gasteiger partial charge in [0.25, 0.3) is 0 Å². The number of carboxylic acid groups (broad SMARTS) is 1. The van der Waals surface area contributed by atoms with E-state index in [9.17, 15) is 4.79 Å². The molecular weight excluding hydrogens is 266 g/mol. The molecule has 0 unspecified atom stereocenters. The minimum Gasteiger partial charge on any atom is -0.477 e. The topological polar surface area (TPSA) is 75.1 Å². The Morgan fingerprint density at radius 1 is 1.26 bits per heavy atom. The van der Waals surface area contributed by atoms with Crippen molar-refractivity contribution in [2.24, 2.45) is 0 Å². The molecule has 0 amide bonds. The number of aryl methyl sites for hydroxylation is 2. The fourth-order valence-corrected chi connectivity index (χ4v) is 1.85. The minimum atomic E-state index is -1.08. The standard InChI is InChI=1S/C13H12ClN3O2/c1-7-5-9(14)3-4-10(7)16-13-15-8(2)6-11(17-13)12(18)19/h3-6H,1-2H3,(H,18,19)(H,15,16,17). The van der Waals surface area contributed by atoms with Gasteiger partial charge in [-0.15, -0.1) is 0 Å². The lowest BCUT2D eigenvalue weighted by molar-refractivity contribution is 0.0690. The molecule has 0 bridgehead atoms. The van der Waals surface area contributed by atoms with Crippen molar-refractivity contribution in [1.82, 2.24) is 9.97 Å². The summed E-state index contributed by atoms with van der Waals surface area (Å²) in [5, 5.41) is 12.6. The van der Waals surface area contributed by atoms with Gasteiger partial charge in [0.2, 0.25) is 5.95 Å². The lowest BCUT2D eigenvalue weighted by atomic mass is 10.2. The number of carboxylic acids is 1. The van der Waals surface area contributed by atoms with Crippen LogP contribution in [0.2, 0.25) is 5.02 Å². The van der Waals surface area contributed by atoms with E-state index >= 15 is 0 Å². The predicted molar refractivity (Wildman–Crippen MR) is 73.2 cm³/mol. The fourth-order valence-electron chi connectivity index (χ4n) is 1.62. The molecule has 0 radical (unpaired) electrons. The van der Waals surface area contributed by atoms with Gasteiger partial charge in [-0.25, -0.2) is 14.8 Å². The first-order chi connectivity index (χ1) is 8.95. The van der Waals surface area contributed by atoms with Gasteiger partial charge >= 0.3 is 5.97 Å². The molecule has 2 N–H and O–H groups in total. The van der Waals surface area contributed by atoms with Crippen LogP contribution in [0, 0.1) is 13.8 Å². The Balaban J connectivity index is 2.35. The zero-order chi connectivity index (χ0) is 14.0. The molecule has 98 valence electrons. The van der Waals surface area contributed by atoms with E-state index in [4.69, 9.17) is 16.7 Å². The molecule has 2 aromatic rings. The number of nitrogens with one attached hydrogen (secondary N) is 1. The highest BCUT2D eigenvalue weighted by Gasteiger charge is 2.09. The second-order valence-corrected chi connectivity index (χ2v) is 4.54. The fraction of sp³-hybridized carbons (Fsp3) is 0.154. The molecule has 0 aliphatic heterocycles. The highest BCUT2D eigenvalue weighted by Crippen LogP contribution is 2.22. The minimum absolute atomic E-state index is 0.0402. The molecule has 1 heterocycles. The lowest BCUT2D eigenvalue weighted by Crippen LogP contribution is -2.06. The molecule has 0 aliphatic carbocycles. The third kappa shape index (κ3) is 3.20. The maximum Gasteiger partial charge on any atom is 0.354 e. The highest BCUT2D eigenvalue weighted by molar-refractivity contribution is 6.30. The molecule has 0 saturated heterocycles. The first-order valence-electron chi connectivity index (χ1n) is 5.58. The summed E-state index contributed by atoms with van der Waals surface area (Å²) in [4.78, 5) is 19.0. The van der Waals surface area contributed by atoms with Crippen molar-refractivity contribution in [3.63, 3.8) is 0 Å². The summed E-state index contributed by atoms with van der Waals surface area (Å²) in [7, 11) is 0. The number of aromatic nitrogens is 2. The molecule has 0 aliphatic rings. The molecule has 19 heavy (non-hydrogen) atoms. The molecule has 6 heteroatoms. The molecule has 1 aromatic heterocycles. The monoisotopic (exact) mass is 277 g/mol. The van der Waals surface area contributed by atoms with Crippen LogP contribution in [0.1, 0.15) is 21.7 Å². The molecule has 0 saturated carbocycles. The van der Waals surface area contributed by atoms with Crippen LogP contribution in [0.25, 0.3) is 0 Å². The van der Waals surface area contributed by atoms with E-state index in [1.807, 2.05) is 6.92 Å². The van der Waals surface area contributed by atoms with Crippen molar-refractivity contribution >= 4 is 29.2 Å². The van der Waals surface area contributed by atoms with Gasteiger partial charge in [0, 0.05) is 16.4 Å². The maximum atomic E-state index is 10.9. The van der Waals surface area contributed by atoms with Crippen LogP contribution in [0.4, 0.5) is 11.6 Å². The number of hydrogen-bond acceptors (Lipinski definition) is 4. The number of benzene rings is 1. The maximum absolute atomic E-state index is 10.9. The summed E-state index contributed by atoms with van der Waals surface area (Å²) in [5.41, 5.74) is 2.25. The summed E-state index contributed by atoms with van der Waals surface area (Å²) in [6.45, 7) is 3.61. The van der Waals surface area contributed by atoms with Crippen molar-refractivity contribution in [1.29, 1.82) is 0 Å². The third-order valence-electron chi connectivity index (χ3n) is 2.51. The van der Waals surface area contributed by atoms with Gasteiger partial charge in [-0.1, -0.05) is 11.6 Å². The third-order valence-corrected chi connectivity index (χ3v) is 2.74. The molecule has 0 atom stereocenters. The molecular formula is C13H12ClN3O2. The van der Waals surface area contributed by atoms with E-state index in [1.54, 1.807) is 25.1 Å². The van der Waals surface area contributed by atoms with E-state index in [0.717, 1.165) is 11.3 Å². The first kappa shape index (κ1) is 13.3. The van der Waals surface area contributed by atoms with Crippen LogP contribution in [0.5, 0.6) is 0 Å². The predicted octanol–water partition coefficient (Wildman–Crippen LogP) is 3.19. The van der Waals surface area contributed by atoms with Crippen molar-refractivity contribution in [3.8, 4) is 0 Å². The van der Waals surface area contributed by atoms with Gasteiger partial charge < -0.3 is 10.4 Å². The van der Waals surface area contributed by atoms with Gasteiger partial charge in [-0.3, -0.25) is 0 Å². The Kier molecular flexibility index (Phi) is 3.66. The summed E-state index contributed by atoms with van der Waals surface area (Å²) < 4.78 is 0. The Morgan fingerprint density at radius 2 is 2.00 bits per heavy atom. The molecule has 5 nitrogen and oxygen atoms in total. The molecule has 2 rings (SSSR count). The van der Waals surface area contributed by atoms with E-state index in [-0.39, 0.29) is 11.6 Å². The number of hydrogen-bond donors (Lipinski definition) is 2. The SMILES string of the molecule is Cc1cc(C(=O)O)nc(Nc2ccc(Cl)cc2C)n1. The van der Waals surface area contributed by atoms with Crippen LogP contribution in [0.3, 0.4) is 0 Å². The quantitative estimate of drug-likeness (QED) is 0.901. The zero-order valence-corrected chi connectivity index (χ0v) is 11.2. The second kappa shape index (κ2) is 5.24. The van der Waals surface area contributed by atoms with Crippen molar-refractivity contribution in [2.75, 3.05) is 5.32 Å². The number of aromatic carboxylic acids is 1.